The van der Waals surface area contributed by atoms with Crippen molar-refractivity contribution in [3.05, 3.63) is 60.9 Å². The van der Waals surface area contributed by atoms with Crippen LogP contribution in [0.4, 0.5) is 0 Å². The lowest BCUT2D eigenvalue weighted by atomic mass is 10.0. The van der Waals surface area contributed by atoms with E-state index < -0.39 is 19.9 Å². The van der Waals surface area contributed by atoms with Gasteiger partial charge in [-0.25, -0.2) is 4.57 Å². The van der Waals surface area contributed by atoms with Crippen molar-refractivity contribution in [1.82, 2.24) is 0 Å². The van der Waals surface area contributed by atoms with Crippen molar-refractivity contribution in [2.75, 3.05) is 26.4 Å². The molecular weight excluding hydrogens is 649 g/mol. The molecule has 0 aliphatic heterocycles. The minimum Gasteiger partial charge on any atom is -0.498 e. The molecule has 0 spiro atoms. The number of esters is 1. The van der Waals surface area contributed by atoms with Crippen LogP contribution in [0.25, 0.3) is 0 Å². The number of phosphoric ester groups is 1. The summed E-state index contributed by atoms with van der Waals surface area (Å²) in [5.74, 6) is -0.408. The number of unbranched alkanes of at least 4 members (excludes halogenated alkanes) is 16. The number of hydrogen-bond donors (Lipinski definition) is 2. The van der Waals surface area contributed by atoms with Crippen LogP contribution in [0, 0.1) is 0 Å². The Hall–Kier alpha value is -1.96. The summed E-state index contributed by atoms with van der Waals surface area (Å²) in [5, 5.41) is 0. The molecule has 0 amide bonds. The average Bonchev–Trinajstić information content (AvgIpc) is 3.10. The van der Waals surface area contributed by atoms with E-state index in [1.807, 2.05) is 6.08 Å². The van der Waals surface area contributed by atoms with Gasteiger partial charge in [0.15, 0.2) is 6.10 Å². The Balaban J connectivity index is 4.25. The van der Waals surface area contributed by atoms with Crippen LogP contribution in [0.2, 0.25) is 0 Å². The van der Waals surface area contributed by atoms with Crippen molar-refractivity contribution < 1.29 is 32.8 Å². The predicted molar refractivity (Wildman–Crippen MR) is 210 cm³/mol. The summed E-state index contributed by atoms with van der Waals surface area (Å²) in [4.78, 5) is 22.4. The molecule has 0 saturated heterocycles. The van der Waals surface area contributed by atoms with Gasteiger partial charge in [0.1, 0.15) is 6.61 Å². The minimum absolute atomic E-state index is 0.00868. The molecule has 0 heterocycles. The molecule has 2 atom stereocenters. The number of rotatable bonds is 37. The van der Waals surface area contributed by atoms with Gasteiger partial charge in [0.2, 0.25) is 0 Å². The molecule has 1 unspecified atom stereocenters. The van der Waals surface area contributed by atoms with Crippen molar-refractivity contribution in [3.8, 4) is 0 Å². The van der Waals surface area contributed by atoms with Crippen LogP contribution in [-0.4, -0.2) is 43.3 Å². The highest BCUT2D eigenvalue weighted by molar-refractivity contribution is 7.47. The molecule has 3 N–H and O–H groups in total. The van der Waals surface area contributed by atoms with Gasteiger partial charge in [0.25, 0.3) is 0 Å². The molecule has 0 bridgehead atoms. The second-order valence-corrected chi connectivity index (χ2v) is 14.3. The first-order valence-electron chi connectivity index (χ1n) is 19.8. The molecule has 8 nitrogen and oxygen atoms in total. The molecule has 0 radical (unpaired) electrons. The normalized spacial score (nSPS) is 14.2. The number of carbonyl (C=O) groups excluding carboxylic acids is 1. The fraction of sp³-hybridized carbons (Fsp3) is 0.732. The summed E-state index contributed by atoms with van der Waals surface area (Å²) in [5.41, 5.74) is 5.35. The van der Waals surface area contributed by atoms with E-state index in [0.717, 1.165) is 38.5 Å². The van der Waals surface area contributed by atoms with E-state index in [0.29, 0.717) is 6.42 Å². The summed E-state index contributed by atoms with van der Waals surface area (Å²) >= 11 is 0. The first-order valence-corrected chi connectivity index (χ1v) is 21.3. The second kappa shape index (κ2) is 38.3. The Kier molecular flexibility index (Phi) is 36.8. The van der Waals surface area contributed by atoms with Crippen LogP contribution in [0.15, 0.2) is 60.9 Å². The van der Waals surface area contributed by atoms with Crippen molar-refractivity contribution in [3.63, 3.8) is 0 Å². The van der Waals surface area contributed by atoms with Gasteiger partial charge in [0.05, 0.1) is 19.5 Å². The average molecular weight is 724 g/mol. The molecular formula is C41H74NO7P. The molecule has 0 aromatic heterocycles. The van der Waals surface area contributed by atoms with Crippen LogP contribution in [0.5, 0.6) is 0 Å². The Bertz CT molecular complexity index is 947. The summed E-state index contributed by atoms with van der Waals surface area (Å²) < 4.78 is 33.0. The molecule has 0 fully saturated rings. The molecule has 0 aliphatic rings. The van der Waals surface area contributed by atoms with E-state index in [4.69, 9.17) is 24.3 Å². The molecule has 50 heavy (non-hydrogen) atoms. The van der Waals surface area contributed by atoms with Crippen molar-refractivity contribution in [2.45, 2.75) is 168 Å². The Morgan fingerprint density at radius 1 is 0.620 bits per heavy atom. The highest BCUT2D eigenvalue weighted by Gasteiger charge is 2.25. The van der Waals surface area contributed by atoms with Gasteiger partial charge in [-0.1, -0.05) is 146 Å². The number of nitrogens with two attached hydrogens (primary N) is 1. The van der Waals surface area contributed by atoms with Crippen molar-refractivity contribution in [2.24, 2.45) is 5.73 Å². The lowest BCUT2D eigenvalue weighted by Gasteiger charge is -2.19. The predicted octanol–water partition coefficient (Wildman–Crippen LogP) is 11.8. The SMILES string of the molecule is CCCCCC=CCC=CCC=CCC=CCCCC(=O)O[C@H](COC=CCCCCCCCCCCCCCC)COP(=O)(O)OCCN. The smallest absolute Gasteiger partial charge is 0.472 e. The first kappa shape index (κ1) is 48.0. The number of hydrogen-bond acceptors (Lipinski definition) is 7. The fourth-order valence-corrected chi connectivity index (χ4v) is 5.84. The third-order valence-electron chi connectivity index (χ3n) is 8.00. The Labute approximate surface area is 306 Å². The summed E-state index contributed by atoms with van der Waals surface area (Å²) in [6.45, 7) is 4.13. The molecule has 0 aliphatic carbocycles. The van der Waals surface area contributed by atoms with Crippen LogP contribution in [0.1, 0.15) is 162 Å². The molecule has 0 rings (SSSR count). The summed E-state index contributed by atoms with van der Waals surface area (Å²) in [7, 11) is -4.30. The summed E-state index contributed by atoms with van der Waals surface area (Å²) in [6, 6.07) is 0. The van der Waals surface area contributed by atoms with Gasteiger partial charge >= 0.3 is 13.8 Å². The molecule has 290 valence electrons. The van der Waals surface area contributed by atoms with E-state index in [-0.39, 0.29) is 32.8 Å². The highest BCUT2D eigenvalue weighted by Crippen LogP contribution is 2.43. The van der Waals surface area contributed by atoms with Crippen molar-refractivity contribution >= 4 is 13.8 Å². The van der Waals surface area contributed by atoms with E-state index in [9.17, 15) is 14.3 Å². The monoisotopic (exact) mass is 724 g/mol. The zero-order valence-corrected chi connectivity index (χ0v) is 32.8. The second-order valence-electron chi connectivity index (χ2n) is 12.9. The zero-order chi connectivity index (χ0) is 36.6. The third kappa shape index (κ3) is 37.3. The van der Waals surface area contributed by atoms with Gasteiger partial charge in [-0.15, -0.1) is 0 Å². The van der Waals surface area contributed by atoms with Crippen LogP contribution in [-0.2, 0) is 27.9 Å². The number of carbonyl (C=O) groups is 1. The number of ether oxygens (including phenoxy) is 2. The maximum absolute atomic E-state index is 12.5. The van der Waals surface area contributed by atoms with E-state index in [2.05, 4.69) is 62.5 Å². The topological polar surface area (TPSA) is 117 Å². The van der Waals surface area contributed by atoms with E-state index >= 15 is 0 Å². The number of phosphoric acid groups is 1. The summed E-state index contributed by atoms with van der Waals surface area (Å²) in [6.07, 6.45) is 46.2. The zero-order valence-electron chi connectivity index (χ0n) is 31.9. The highest BCUT2D eigenvalue weighted by atomic mass is 31.2. The quantitative estimate of drug-likeness (QED) is 0.0214. The maximum atomic E-state index is 12.5. The standard InChI is InChI=1S/C41H74NO7P/c1-3-5-7-9-11-13-15-17-19-20-21-22-24-26-28-30-32-34-41(43)49-40(39-48-50(44,45)47-37-35-42)38-46-36-33-31-29-27-25-23-18-16-14-12-10-8-6-4-2/h11,13,17,19,21-22,26,28,33,36,40H,3-10,12,14-16,18,20,23-25,27,29-32,34-35,37-39,42H2,1-2H3,(H,44,45)/t40-/m1/s1. The van der Waals surface area contributed by atoms with Crippen LogP contribution in [0.3, 0.4) is 0 Å². The maximum Gasteiger partial charge on any atom is 0.472 e. The Morgan fingerprint density at radius 3 is 1.64 bits per heavy atom. The lowest BCUT2D eigenvalue weighted by molar-refractivity contribution is -0.153. The Morgan fingerprint density at radius 2 is 1.08 bits per heavy atom. The van der Waals surface area contributed by atoms with Gasteiger partial charge < -0.3 is 20.1 Å². The minimum atomic E-state index is -4.30. The van der Waals surface area contributed by atoms with Gasteiger partial charge in [-0.3, -0.25) is 13.8 Å². The molecule has 0 aromatic carbocycles. The van der Waals surface area contributed by atoms with Crippen LogP contribution >= 0.6 is 7.82 Å². The van der Waals surface area contributed by atoms with Gasteiger partial charge in [-0.2, -0.15) is 0 Å². The van der Waals surface area contributed by atoms with Gasteiger partial charge in [-0.05, 0) is 63.9 Å². The van der Waals surface area contributed by atoms with Crippen LogP contribution < -0.4 is 5.73 Å². The van der Waals surface area contributed by atoms with Gasteiger partial charge in [0, 0.05) is 13.0 Å². The lowest BCUT2D eigenvalue weighted by Crippen LogP contribution is -2.27. The molecule has 0 aromatic rings. The molecule has 9 heteroatoms. The fourth-order valence-electron chi connectivity index (χ4n) is 5.07. The van der Waals surface area contributed by atoms with E-state index in [1.54, 1.807) is 6.26 Å². The third-order valence-corrected chi connectivity index (χ3v) is 8.99. The molecule has 0 saturated carbocycles. The first-order chi connectivity index (χ1) is 24.4. The van der Waals surface area contributed by atoms with Crippen molar-refractivity contribution in [1.29, 1.82) is 0 Å². The number of allylic oxidation sites excluding steroid dienone is 9. The largest absolute Gasteiger partial charge is 0.498 e. The van der Waals surface area contributed by atoms with E-state index in [1.165, 1.54) is 96.3 Å².